The predicted octanol–water partition coefficient (Wildman–Crippen LogP) is 1.72. The molecular weight excluding hydrogens is 188 g/mol. The summed E-state index contributed by atoms with van der Waals surface area (Å²) in [6.07, 6.45) is 0. The van der Waals surface area contributed by atoms with Crippen molar-refractivity contribution in [3.63, 3.8) is 0 Å². The molecular formula is C9H9ClN2O. The zero-order chi connectivity index (χ0) is 9.68. The Bertz CT molecular complexity index is 322. The van der Waals surface area contributed by atoms with Crippen molar-refractivity contribution in [2.75, 3.05) is 0 Å². The highest BCUT2D eigenvalue weighted by atomic mass is 35.5. The molecule has 0 saturated heterocycles. The van der Waals surface area contributed by atoms with Crippen molar-refractivity contribution in [1.29, 1.82) is 0 Å². The molecule has 0 fully saturated rings. The number of hydrogen-bond acceptors (Lipinski definition) is 2. The van der Waals surface area contributed by atoms with E-state index in [-0.39, 0.29) is 11.1 Å². The molecule has 1 N–H and O–H groups in total. The van der Waals surface area contributed by atoms with Crippen LogP contribution in [0.4, 0.5) is 0 Å². The average molecular weight is 197 g/mol. The maximum Gasteiger partial charge on any atom is 0.236 e. The van der Waals surface area contributed by atoms with Crippen LogP contribution in [0.25, 0.3) is 0 Å². The molecule has 0 unspecified atom stereocenters. The Morgan fingerprint density at radius 3 is 2.54 bits per heavy atom. The molecule has 1 rings (SSSR count). The summed E-state index contributed by atoms with van der Waals surface area (Å²) in [5.74, 6) is -0.242. The monoisotopic (exact) mass is 196 g/mol. The van der Waals surface area contributed by atoms with E-state index >= 15 is 0 Å². The highest BCUT2D eigenvalue weighted by molar-refractivity contribution is 6.69. The van der Waals surface area contributed by atoms with Crippen molar-refractivity contribution in [3.8, 4) is 0 Å². The van der Waals surface area contributed by atoms with Crippen molar-refractivity contribution in [1.82, 2.24) is 5.43 Å². The van der Waals surface area contributed by atoms with Gasteiger partial charge in [0.1, 0.15) is 0 Å². The standard InChI is InChI=1S/C9H9ClN2O/c1-7(13)11-12-9(10)8-5-3-2-4-6-8/h2-6H,1H3,(H,11,13)/b12-9-. The molecule has 0 saturated carbocycles. The predicted molar refractivity (Wildman–Crippen MR) is 52.6 cm³/mol. The summed E-state index contributed by atoms with van der Waals surface area (Å²) in [4.78, 5) is 10.5. The first-order chi connectivity index (χ1) is 6.20. The van der Waals surface area contributed by atoms with Gasteiger partial charge in [-0.25, -0.2) is 5.43 Å². The highest BCUT2D eigenvalue weighted by Crippen LogP contribution is 2.03. The Kier molecular flexibility index (Phi) is 3.46. The normalized spacial score (nSPS) is 11.1. The molecule has 4 heteroatoms. The SMILES string of the molecule is CC(=O)N/N=C(\Cl)c1ccccc1. The van der Waals surface area contributed by atoms with Gasteiger partial charge in [0, 0.05) is 12.5 Å². The van der Waals surface area contributed by atoms with Crippen LogP contribution < -0.4 is 5.43 Å². The summed E-state index contributed by atoms with van der Waals surface area (Å²) in [5, 5.41) is 3.95. The third-order valence-corrected chi connectivity index (χ3v) is 1.63. The Hall–Kier alpha value is -1.35. The van der Waals surface area contributed by atoms with Gasteiger partial charge in [0.15, 0.2) is 5.17 Å². The van der Waals surface area contributed by atoms with Crippen LogP contribution in [-0.4, -0.2) is 11.1 Å². The number of carbonyl (C=O) groups excluding carboxylic acids is 1. The number of benzene rings is 1. The third kappa shape index (κ3) is 3.25. The zero-order valence-corrected chi connectivity index (χ0v) is 7.88. The first-order valence-corrected chi connectivity index (χ1v) is 4.13. The van der Waals surface area contributed by atoms with E-state index in [0.717, 1.165) is 5.56 Å². The van der Waals surface area contributed by atoms with Crippen LogP contribution in [-0.2, 0) is 4.79 Å². The number of halogens is 1. The second-order valence-electron chi connectivity index (χ2n) is 2.44. The smallest absolute Gasteiger partial charge is 0.236 e. The van der Waals surface area contributed by atoms with Crippen molar-refractivity contribution in [3.05, 3.63) is 35.9 Å². The molecule has 0 aliphatic carbocycles. The van der Waals surface area contributed by atoms with Crippen molar-refractivity contribution in [2.24, 2.45) is 5.10 Å². The minimum atomic E-state index is -0.242. The maximum atomic E-state index is 10.5. The lowest BCUT2D eigenvalue weighted by molar-refractivity contribution is -0.118. The fraction of sp³-hybridized carbons (Fsp3) is 0.111. The molecule has 0 aliphatic heterocycles. The van der Waals surface area contributed by atoms with Gasteiger partial charge in [0.05, 0.1) is 0 Å². The Morgan fingerprint density at radius 1 is 1.38 bits per heavy atom. The van der Waals surface area contributed by atoms with Gasteiger partial charge in [-0.15, -0.1) is 0 Å². The third-order valence-electron chi connectivity index (χ3n) is 1.32. The number of rotatable bonds is 2. The van der Waals surface area contributed by atoms with E-state index in [2.05, 4.69) is 10.5 Å². The molecule has 1 amide bonds. The fourth-order valence-corrected chi connectivity index (χ4v) is 0.936. The van der Waals surface area contributed by atoms with Gasteiger partial charge in [0.25, 0.3) is 0 Å². The van der Waals surface area contributed by atoms with Crippen LogP contribution in [0.5, 0.6) is 0 Å². The minimum absolute atomic E-state index is 0.242. The van der Waals surface area contributed by atoms with E-state index in [9.17, 15) is 4.79 Å². The largest absolute Gasteiger partial charge is 0.274 e. The van der Waals surface area contributed by atoms with E-state index in [4.69, 9.17) is 11.6 Å². The Balaban J connectivity index is 2.73. The first kappa shape index (κ1) is 9.74. The molecule has 1 aromatic rings. The summed E-state index contributed by atoms with van der Waals surface area (Å²) >= 11 is 5.79. The van der Waals surface area contributed by atoms with Gasteiger partial charge in [-0.1, -0.05) is 41.9 Å². The summed E-state index contributed by atoms with van der Waals surface area (Å²) in [6.45, 7) is 1.37. The number of hydrogen-bond donors (Lipinski definition) is 1. The maximum absolute atomic E-state index is 10.5. The quantitative estimate of drug-likeness (QED) is 0.568. The first-order valence-electron chi connectivity index (χ1n) is 3.75. The molecule has 1 aromatic carbocycles. The summed E-state index contributed by atoms with van der Waals surface area (Å²) in [5.41, 5.74) is 3.04. The van der Waals surface area contributed by atoms with Gasteiger partial charge in [-0.3, -0.25) is 4.79 Å². The second kappa shape index (κ2) is 4.62. The number of nitrogens with zero attached hydrogens (tertiary/aromatic N) is 1. The number of hydrazone groups is 1. The molecule has 0 aromatic heterocycles. The molecule has 0 radical (unpaired) electrons. The number of amides is 1. The Labute approximate surface area is 81.4 Å². The van der Waals surface area contributed by atoms with Crippen molar-refractivity contribution < 1.29 is 4.79 Å². The van der Waals surface area contributed by atoms with E-state index < -0.39 is 0 Å². The van der Waals surface area contributed by atoms with Crippen LogP contribution in [0.15, 0.2) is 35.4 Å². The molecule has 0 aliphatic rings. The van der Waals surface area contributed by atoms with E-state index in [1.807, 2.05) is 30.3 Å². The summed E-state index contributed by atoms with van der Waals surface area (Å²) in [6, 6.07) is 9.20. The lowest BCUT2D eigenvalue weighted by Crippen LogP contribution is -2.14. The molecule has 0 bridgehead atoms. The van der Waals surface area contributed by atoms with Crippen LogP contribution in [0, 0.1) is 0 Å². The van der Waals surface area contributed by atoms with Gasteiger partial charge < -0.3 is 0 Å². The van der Waals surface area contributed by atoms with Gasteiger partial charge in [0.2, 0.25) is 5.91 Å². The van der Waals surface area contributed by atoms with Crippen LogP contribution in [0.3, 0.4) is 0 Å². The fourth-order valence-electron chi connectivity index (χ4n) is 0.768. The zero-order valence-electron chi connectivity index (χ0n) is 7.12. The lowest BCUT2D eigenvalue weighted by Gasteiger charge is -1.97. The van der Waals surface area contributed by atoms with Gasteiger partial charge >= 0.3 is 0 Å². The number of nitrogens with one attached hydrogen (secondary N) is 1. The molecule has 3 nitrogen and oxygen atoms in total. The van der Waals surface area contributed by atoms with Crippen LogP contribution in [0.1, 0.15) is 12.5 Å². The second-order valence-corrected chi connectivity index (χ2v) is 2.79. The van der Waals surface area contributed by atoms with E-state index in [1.165, 1.54) is 6.92 Å². The van der Waals surface area contributed by atoms with E-state index in [1.54, 1.807) is 0 Å². The van der Waals surface area contributed by atoms with Gasteiger partial charge in [-0.2, -0.15) is 5.10 Å². The molecule has 13 heavy (non-hydrogen) atoms. The topological polar surface area (TPSA) is 41.5 Å². The average Bonchev–Trinajstić information content (AvgIpc) is 2.15. The molecule has 0 spiro atoms. The number of carbonyl (C=O) groups is 1. The van der Waals surface area contributed by atoms with Crippen LogP contribution >= 0.6 is 11.6 Å². The van der Waals surface area contributed by atoms with Crippen LogP contribution in [0.2, 0.25) is 0 Å². The Morgan fingerprint density at radius 2 is 2.00 bits per heavy atom. The lowest BCUT2D eigenvalue weighted by atomic mass is 10.2. The molecule has 0 heterocycles. The summed E-state index contributed by atoms with van der Waals surface area (Å²) in [7, 11) is 0. The van der Waals surface area contributed by atoms with Crippen molar-refractivity contribution >= 4 is 22.7 Å². The highest BCUT2D eigenvalue weighted by Gasteiger charge is 1.97. The molecule has 0 atom stereocenters. The summed E-state index contributed by atoms with van der Waals surface area (Å²) < 4.78 is 0. The minimum Gasteiger partial charge on any atom is -0.274 e. The molecule has 68 valence electrons. The van der Waals surface area contributed by atoms with E-state index in [0.29, 0.717) is 0 Å². The van der Waals surface area contributed by atoms with Crippen molar-refractivity contribution in [2.45, 2.75) is 6.92 Å². The van der Waals surface area contributed by atoms with Gasteiger partial charge in [-0.05, 0) is 0 Å².